The molecule has 0 atom stereocenters. The summed E-state index contributed by atoms with van der Waals surface area (Å²) in [5.74, 6) is -0.389. The third-order valence-corrected chi connectivity index (χ3v) is 3.28. The van der Waals surface area contributed by atoms with E-state index in [0.29, 0.717) is 28.3 Å². The van der Waals surface area contributed by atoms with Crippen molar-refractivity contribution < 1.29 is 15.0 Å². The predicted octanol–water partition coefficient (Wildman–Crippen LogP) is 3.30. The quantitative estimate of drug-likeness (QED) is 0.459. The highest BCUT2D eigenvalue weighted by Gasteiger charge is 2.10. The van der Waals surface area contributed by atoms with Crippen LogP contribution in [0.25, 0.3) is 0 Å². The minimum absolute atomic E-state index is 0.0120. The summed E-state index contributed by atoms with van der Waals surface area (Å²) in [4.78, 5) is 12.0. The number of rotatable bonds is 4. The van der Waals surface area contributed by atoms with E-state index in [1.54, 1.807) is 24.3 Å². The summed E-state index contributed by atoms with van der Waals surface area (Å²) >= 11 is 5.77. The van der Waals surface area contributed by atoms with Crippen LogP contribution in [0.2, 0.25) is 5.02 Å². The van der Waals surface area contributed by atoms with Crippen molar-refractivity contribution in [3.05, 3.63) is 58.6 Å². The molecule has 3 N–H and O–H groups in total. The molecule has 0 aliphatic carbocycles. The zero-order chi connectivity index (χ0) is 16.1. The van der Waals surface area contributed by atoms with Crippen molar-refractivity contribution in [2.45, 2.75) is 13.3 Å². The minimum atomic E-state index is -0.387. The summed E-state index contributed by atoms with van der Waals surface area (Å²) in [6.45, 7) is 1.83. The normalized spacial score (nSPS) is 11.3. The Morgan fingerprint density at radius 2 is 1.86 bits per heavy atom. The number of hydrazone groups is 1. The summed E-state index contributed by atoms with van der Waals surface area (Å²) in [6.07, 6.45) is 0.470. The second kappa shape index (κ2) is 6.95. The lowest BCUT2D eigenvalue weighted by molar-refractivity contribution is 0.0955. The van der Waals surface area contributed by atoms with Crippen LogP contribution in [0.3, 0.4) is 0 Å². The van der Waals surface area contributed by atoms with Gasteiger partial charge in [0.05, 0.1) is 5.71 Å². The first-order chi connectivity index (χ1) is 10.5. The third kappa shape index (κ3) is 3.77. The molecule has 5 nitrogen and oxygen atoms in total. The molecule has 0 bridgehead atoms. The van der Waals surface area contributed by atoms with Gasteiger partial charge < -0.3 is 10.2 Å². The molecule has 114 valence electrons. The molecule has 2 rings (SSSR count). The van der Waals surface area contributed by atoms with Crippen molar-refractivity contribution in [1.29, 1.82) is 0 Å². The van der Waals surface area contributed by atoms with E-state index in [1.165, 1.54) is 18.2 Å². The highest BCUT2D eigenvalue weighted by Crippen LogP contribution is 2.23. The van der Waals surface area contributed by atoms with Crippen molar-refractivity contribution >= 4 is 23.2 Å². The molecule has 0 radical (unpaired) electrons. The number of nitrogens with zero attached hydrogens (tertiary/aromatic N) is 1. The Morgan fingerprint density at radius 1 is 1.18 bits per heavy atom. The van der Waals surface area contributed by atoms with E-state index in [4.69, 9.17) is 11.6 Å². The van der Waals surface area contributed by atoms with Crippen molar-refractivity contribution in [1.82, 2.24) is 5.43 Å². The Morgan fingerprint density at radius 3 is 2.50 bits per heavy atom. The number of benzene rings is 2. The first-order valence-electron chi connectivity index (χ1n) is 6.66. The molecule has 0 fully saturated rings. The van der Waals surface area contributed by atoms with Gasteiger partial charge in [0.25, 0.3) is 5.91 Å². The van der Waals surface area contributed by atoms with Gasteiger partial charge >= 0.3 is 0 Å². The summed E-state index contributed by atoms with van der Waals surface area (Å²) in [5, 5.41) is 23.9. The molecule has 0 aromatic heterocycles. The third-order valence-electron chi connectivity index (χ3n) is 3.02. The van der Waals surface area contributed by atoms with Gasteiger partial charge in [0.15, 0.2) is 0 Å². The Labute approximate surface area is 132 Å². The van der Waals surface area contributed by atoms with Crippen molar-refractivity contribution in [3.8, 4) is 11.5 Å². The molecule has 0 aliphatic rings. The topological polar surface area (TPSA) is 81.9 Å². The zero-order valence-corrected chi connectivity index (χ0v) is 12.6. The van der Waals surface area contributed by atoms with E-state index in [-0.39, 0.29) is 17.4 Å². The van der Waals surface area contributed by atoms with Gasteiger partial charge in [0.1, 0.15) is 11.5 Å². The lowest BCUT2D eigenvalue weighted by Crippen LogP contribution is -2.20. The number of amides is 1. The lowest BCUT2D eigenvalue weighted by Gasteiger charge is -2.08. The SMILES string of the molecule is CC/C(=N/NC(=O)c1ccc(Cl)cc1)c1cc(O)ccc1O. The van der Waals surface area contributed by atoms with Gasteiger partial charge in [-0.25, -0.2) is 5.43 Å². The summed E-state index contributed by atoms with van der Waals surface area (Å²) in [7, 11) is 0. The zero-order valence-electron chi connectivity index (χ0n) is 11.9. The molecule has 0 saturated heterocycles. The van der Waals surface area contributed by atoms with E-state index < -0.39 is 0 Å². The number of carbonyl (C=O) groups is 1. The molecule has 0 aliphatic heterocycles. The average molecular weight is 319 g/mol. The summed E-state index contributed by atoms with van der Waals surface area (Å²) in [5.41, 5.74) is 3.68. The highest BCUT2D eigenvalue weighted by atomic mass is 35.5. The molecule has 2 aromatic rings. The molecule has 1 amide bonds. The Bertz CT molecular complexity index is 712. The van der Waals surface area contributed by atoms with E-state index >= 15 is 0 Å². The molecule has 0 spiro atoms. The van der Waals surface area contributed by atoms with E-state index in [1.807, 2.05) is 6.92 Å². The van der Waals surface area contributed by atoms with Crippen LogP contribution >= 0.6 is 11.6 Å². The van der Waals surface area contributed by atoms with Crippen LogP contribution < -0.4 is 5.43 Å². The molecule has 22 heavy (non-hydrogen) atoms. The molecular formula is C16H15ClN2O3. The van der Waals surface area contributed by atoms with Gasteiger partial charge in [0.2, 0.25) is 0 Å². The molecule has 0 unspecified atom stereocenters. The van der Waals surface area contributed by atoms with Crippen molar-refractivity contribution in [3.63, 3.8) is 0 Å². The number of phenolic OH excluding ortho intramolecular Hbond substituents is 2. The number of aromatic hydroxyl groups is 2. The fourth-order valence-electron chi connectivity index (χ4n) is 1.87. The van der Waals surface area contributed by atoms with Gasteiger partial charge in [-0.05, 0) is 48.9 Å². The maximum absolute atomic E-state index is 12.0. The van der Waals surface area contributed by atoms with Crippen molar-refractivity contribution in [2.75, 3.05) is 0 Å². The highest BCUT2D eigenvalue weighted by molar-refractivity contribution is 6.30. The predicted molar refractivity (Wildman–Crippen MR) is 85.5 cm³/mol. The van der Waals surface area contributed by atoms with Gasteiger partial charge in [-0.1, -0.05) is 18.5 Å². The van der Waals surface area contributed by atoms with Gasteiger partial charge in [0, 0.05) is 16.1 Å². The van der Waals surface area contributed by atoms with Crippen LogP contribution in [0.1, 0.15) is 29.3 Å². The van der Waals surface area contributed by atoms with E-state index in [9.17, 15) is 15.0 Å². The summed E-state index contributed by atoms with van der Waals surface area (Å²) < 4.78 is 0. The molecule has 2 aromatic carbocycles. The Hall–Kier alpha value is -2.53. The molecule has 6 heteroatoms. The van der Waals surface area contributed by atoms with E-state index in [2.05, 4.69) is 10.5 Å². The monoisotopic (exact) mass is 318 g/mol. The van der Waals surface area contributed by atoms with Crippen LogP contribution in [0.15, 0.2) is 47.6 Å². The average Bonchev–Trinajstić information content (AvgIpc) is 2.51. The number of halogens is 1. The smallest absolute Gasteiger partial charge is 0.271 e. The number of hydrogen-bond donors (Lipinski definition) is 3. The number of phenols is 2. The fourth-order valence-corrected chi connectivity index (χ4v) is 1.99. The van der Waals surface area contributed by atoms with Crippen LogP contribution in [0.5, 0.6) is 11.5 Å². The van der Waals surface area contributed by atoms with Crippen LogP contribution in [0.4, 0.5) is 0 Å². The van der Waals surface area contributed by atoms with Gasteiger partial charge in [-0.2, -0.15) is 5.10 Å². The largest absolute Gasteiger partial charge is 0.508 e. The van der Waals surface area contributed by atoms with Crippen LogP contribution in [-0.4, -0.2) is 21.8 Å². The second-order valence-corrected chi connectivity index (χ2v) is 5.00. The van der Waals surface area contributed by atoms with Crippen LogP contribution in [-0.2, 0) is 0 Å². The number of nitrogens with one attached hydrogen (secondary N) is 1. The van der Waals surface area contributed by atoms with E-state index in [0.717, 1.165) is 0 Å². The first-order valence-corrected chi connectivity index (χ1v) is 7.04. The van der Waals surface area contributed by atoms with Gasteiger partial charge in [-0.3, -0.25) is 4.79 Å². The molecular weight excluding hydrogens is 304 g/mol. The summed E-state index contributed by atoms with van der Waals surface area (Å²) in [6, 6.07) is 10.5. The standard InChI is InChI=1S/C16H15ClN2O3/c1-2-14(13-9-12(20)7-8-15(13)21)18-19-16(22)10-3-5-11(17)6-4-10/h3-9,20-21H,2H2,1H3,(H,19,22)/b18-14-. The lowest BCUT2D eigenvalue weighted by atomic mass is 10.1. The number of carbonyl (C=O) groups excluding carboxylic acids is 1. The first kappa shape index (κ1) is 15.9. The molecule has 0 saturated carbocycles. The Balaban J connectivity index is 2.20. The number of hydrogen-bond acceptors (Lipinski definition) is 4. The van der Waals surface area contributed by atoms with Gasteiger partial charge in [-0.15, -0.1) is 0 Å². The minimum Gasteiger partial charge on any atom is -0.508 e. The second-order valence-electron chi connectivity index (χ2n) is 4.56. The maximum atomic E-state index is 12.0. The maximum Gasteiger partial charge on any atom is 0.271 e. The fraction of sp³-hybridized carbons (Fsp3) is 0.125. The van der Waals surface area contributed by atoms with Crippen LogP contribution in [0, 0.1) is 0 Å². The molecule has 0 heterocycles. The van der Waals surface area contributed by atoms with Crippen molar-refractivity contribution in [2.24, 2.45) is 5.10 Å². The Kier molecular flexibility index (Phi) is 5.01.